The number of hydrogen-bond donors (Lipinski definition) is 0. The lowest BCUT2D eigenvalue weighted by atomic mass is 10.0. The maximum absolute atomic E-state index is 10.2. The van der Waals surface area contributed by atoms with Gasteiger partial charge in [-0.15, -0.1) is 23.5 Å². The van der Waals surface area contributed by atoms with Crippen molar-refractivity contribution in [2.45, 2.75) is 94.5 Å². The van der Waals surface area contributed by atoms with Crippen molar-refractivity contribution in [3.63, 3.8) is 0 Å². The van der Waals surface area contributed by atoms with E-state index < -0.39 is 0 Å². The molecule has 124 valence electrons. The number of hydrogen-bond acceptors (Lipinski definition) is 3. The molecule has 3 heteroatoms. The maximum atomic E-state index is 10.2. The van der Waals surface area contributed by atoms with Crippen LogP contribution in [0.4, 0.5) is 0 Å². The Labute approximate surface area is 140 Å². The molecule has 0 aliphatic carbocycles. The first kappa shape index (κ1) is 19.4. The third-order valence-electron chi connectivity index (χ3n) is 4.35. The van der Waals surface area contributed by atoms with Crippen LogP contribution in [-0.2, 0) is 4.79 Å². The summed E-state index contributed by atoms with van der Waals surface area (Å²) >= 11 is 4.35. The van der Waals surface area contributed by atoms with Crippen molar-refractivity contribution in [3.05, 3.63) is 0 Å². The molecule has 0 aromatic heterocycles. The van der Waals surface area contributed by atoms with E-state index in [4.69, 9.17) is 0 Å². The summed E-state index contributed by atoms with van der Waals surface area (Å²) in [6.45, 7) is 2.43. The second-order valence-corrected chi connectivity index (χ2v) is 9.88. The number of carbonyl (C=O) groups is 1. The van der Waals surface area contributed by atoms with E-state index in [1.165, 1.54) is 82.1 Å². The first-order chi connectivity index (χ1) is 10.3. The number of aldehydes is 1. The van der Waals surface area contributed by atoms with Gasteiger partial charge in [0, 0.05) is 17.9 Å². The van der Waals surface area contributed by atoms with Crippen LogP contribution in [0.25, 0.3) is 0 Å². The molecule has 0 aromatic carbocycles. The lowest BCUT2D eigenvalue weighted by Crippen LogP contribution is -2.10. The van der Waals surface area contributed by atoms with E-state index in [-0.39, 0.29) is 0 Å². The van der Waals surface area contributed by atoms with Crippen LogP contribution in [0.1, 0.15) is 90.4 Å². The second-order valence-electron chi connectivity index (χ2n) is 6.43. The average Bonchev–Trinajstić information content (AvgIpc) is 2.91. The van der Waals surface area contributed by atoms with Gasteiger partial charge in [-0.25, -0.2) is 0 Å². The summed E-state index contributed by atoms with van der Waals surface area (Å²) in [5.74, 6) is 2.71. The molecule has 1 saturated heterocycles. The van der Waals surface area contributed by atoms with Gasteiger partial charge in [-0.05, 0) is 19.8 Å². The molecule has 0 radical (unpaired) electrons. The Morgan fingerprint density at radius 1 is 0.762 bits per heavy atom. The van der Waals surface area contributed by atoms with Gasteiger partial charge in [0.25, 0.3) is 0 Å². The zero-order valence-electron chi connectivity index (χ0n) is 13.9. The minimum atomic E-state index is 0.545. The summed E-state index contributed by atoms with van der Waals surface area (Å²) in [7, 11) is 0. The van der Waals surface area contributed by atoms with E-state index in [9.17, 15) is 4.79 Å². The van der Waals surface area contributed by atoms with Crippen LogP contribution in [0, 0.1) is 0 Å². The molecule has 1 aliphatic heterocycles. The quantitative estimate of drug-likeness (QED) is 0.269. The maximum Gasteiger partial charge on any atom is 0.119 e. The van der Waals surface area contributed by atoms with E-state index in [0.29, 0.717) is 4.08 Å². The molecule has 0 aromatic rings. The highest BCUT2D eigenvalue weighted by Gasteiger charge is 2.29. The molecule has 0 unspecified atom stereocenters. The molecular formula is C18H34OS2. The van der Waals surface area contributed by atoms with Gasteiger partial charge in [0.1, 0.15) is 6.29 Å². The van der Waals surface area contributed by atoms with Crippen molar-refractivity contribution in [1.82, 2.24) is 0 Å². The number of thioether (sulfide) groups is 2. The van der Waals surface area contributed by atoms with Gasteiger partial charge in [-0.2, -0.15) is 0 Å². The minimum Gasteiger partial charge on any atom is -0.303 e. The Morgan fingerprint density at radius 3 is 1.67 bits per heavy atom. The molecule has 0 atom stereocenters. The van der Waals surface area contributed by atoms with Crippen LogP contribution in [0.15, 0.2) is 0 Å². The van der Waals surface area contributed by atoms with Crippen LogP contribution < -0.4 is 0 Å². The van der Waals surface area contributed by atoms with Crippen molar-refractivity contribution >= 4 is 29.8 Å². The SMILES string of the molecule is CC1(CCCCCCCCCCCCCC=O)SCCS1. The lowest BCUT2D eigenvalue weighted by molar-refractivity contribution is -0.107. The third kappa shape index (κ3) is 10.7. The molecule has 1 rings (SSSR count). The molecule has 0 saturated carbocycles. The van der Waals surface area contributed by atoms with Gasteiger partial charge in [-0.3, -0.25) is 0 Å². The highest BCUT2D eigenvalue weighted by Crippen LogP contribution is 2.46. The summed E-state index contributed by atoms with van der Waals surface area (Å²) in [6, 6.07) is 0. The van der Waals surface area contributed by atoms with Gasteiger partial charge in [0.05, 0.1) is 4.08 Å². The standard InChI is InChI=1S/C18H34OS2/c1-18(20-16-17-21-18)14-12-10-8-6-4-2-3-5-7-9-11-13-15-19/h15H,2-14,16-17H2,1H3. The molecule has 1 heterocycles. The van der Waals surface area contributed by atoms with Gasteiger partial charge in [0.2, 0.25) is 0 Å². The molecule has 1 nitrogen and oxygen atoms in total. The number of unbranched alkanes of at least 4 members (excludes halogenated alkanes) is 11. The van der Waals surface area contributed by atoms with Crippen LogP contribution in [0.5, 0.6) is 0 Å². The van der Waals surface area contributed by atoms with Crippen molar-refractivity contribution < 1.29 is 4.79 Å². The number of rotatable bonds is 14. The normalized spacial score (nSPS) is 17.2. The van der Waals surface area contributed by atoms with E-state index in [1.54, 1.807) is 0 Å². The van der Waals surface area contributed by atoms with Gasteiger partial charge in [-0.1, -0.05) is 64.2 Å². The van der Waals surface area contributed by atoms with Crippen LogP contribution in [-0.4, -0.2) is 21.9 Å². The van der Waals surface area contributed by atoms with Gasteiger partial charge in [0.15, 0.2) is 0 Å². The molecule has 0 bridgehead atoms. The molecular weight excluding hydrogens is 296 g/mol. The van der Waals surface area contributed by atoms with Crippen LogP contribution in [0.3, 0.4) is 0 Å². The zero-order chi connectivity index (χ0) is 15.2. The Hall–Kier alpha value is 0.370. The Bertz CT molecular complexity index is 250. The largest absolute Gasteiger partial charge is 0.303 e. The summed E-state index contributed by atoms with van der Waals surface area (Å²) in [5, 5.41) is 0. The monoisotopic (exact) mass is 330 g/mol. The lowest BCUT2D eigenvalue weighted by Gasteiger charge is -2.21. The molecule has 21 heavy (non-hydrogen) atoms. The van der Waals surface area contributed by atoms with Crippen molar-refractivity contribution in [2.24, 2.45) is 0 Å². The summed E-state index contributed by atoms with van der Waals surface area (Å²) < 4.78 is 0.545. The fraction of sp³-hybridized carbons (Fsp3) is 0.944. The van der Waals surface area contributed by atoms with Gasteiger partial charge >= 0.3 is 0 Å². The zero-order valence-corrected chi connectivity index (χ0v) is 15.5. The van der Waals surface area contributed by atoms with Crippen molar-refractivity contribution in [2.75, 3.05) is 11.5 Å². The van der Waals surface area contributed by atoms with Crippen LogP contribution >= 0.6 is 23.5 Å². The topological polar surface area (TPSA) is 17.1 Å². The third-order valence-corrected chi connectivity index (χ3v) is 7.76. The Kier molecular flexibility index (Phi) is 11.9. The highest BCUT2D eigenvalue weighted by atomic mass is 32.2. The molecule has 1 aliphatic rings. The Morgan fingerprint density at radius 2 is 1.19 bits per heavy atom. The first-order valence-corrected chi connectivity index (χ1v) is 11.0. The van der Waals surface area contributed by atoms with Gasteiger partial charge < -0.3 is 4.79 Å². The molecule has 0 amide bonds. The average molecular weight is 331 g/mol. The van der Waals surface area contributed by atoms with E-state index in [2.05, 4.69) is 30.4 Å². The van der Waals surface area contributed by atoms with E-state index in [0.717, 1.165) is 19.1 Å². The molecule has 1 fully saturated rings. The number of carbonyl (C=O) groups excluding carboxylic acids is 1. The minimum absolute atomic E-state index is 0.545. The van der Waals surface area contributed by atoms with Crippen molar-refractivity contribution in [3.8, 4) is 0 Å². The fourth-order valence-electron chi connectivity index (χ4n) is 2.97. The Balaban J connectivity index is 1.73. The molecule has 0 N–H and O–H groups in total. The van der Waals surface area contributed by atoms with E-state index in [1.807, 2.05) is 0 Å². The summed E-state index contributed by atoms with van der Waals surface area (Å²) in [5.41, 5.74) is 0. The summed E-state index contributed by atoms with van der Waals surface area (Å²) in [4.78, 5) is 10.2. The predicted octanol–water partition coefficient (Wildman–Crippen LogP) is 6.45. The van der Waals surface area contributed by atoms with Crippen molar-refractivity contribution in [1.29, 1.82) is 0 Å². The fourth-order valence-corrected chi connectivity index (χ4v) is 5.91. The predicted molar refractivity (Wildman–Crippen MR) is 99.4 cm³/mol. The highest BCUT2D eigenvalue weighted by molar-refractivity contribution is 8.21. The smallest absolute Gasteiger partial charge is 0.119 e. The first-order valence-electron chi connectivity index (χ1n) is 8.98. The van der Waals surface area contributed by atoms with Crippen LogP contribution in [0.2, 0.25) is 0 Å². The molecule has 0 spiro atoms. The summed E-state index contributed by atoms with van der Waals surface area (Å²) in [6.07, 6.45) is 18.2. The van der Waals surface area contributed by atoms with E-state index >= 15 is 0 Å². The second kappa shape index (κ2) is 12.9.